The molecule has 1 aromatic carbocycles. The first-order chi connectivity index (χ1) is 17.2. The fraction of sp³-hybridized carbons (Fsp3) is 0.462. The highest BCUT2D eigenvalue weighted by atomic mass is 16.6. The minimum Gasteiger partial charge on any atom is -0.399 e. The maximum absolute atomic E-state index is 10.7. The third-order valence-electron chi connectivity index (χ3n) is 6.64. The summed E-state index contributed by atoms with van der Waals surface area (Å²) in [5, 5.41) is 8.30. The van der Waals surface area contributed by atoms with Crippen LogP contribution in [-0.2, 0) is 16.1 Å². The van der Waals surface area contributed by atoms with Crippen LogP contribution < -0.4 is 10.2 Å². The Bertz CT molecular complexity index is 1130. The van der Waals surface area contributed by atoms with Crippen molar-refractivity contribution < 1.29 is 9.63 Å². The average molecular weight is 478 g/mol. The van der Waals surface area contributed by atoms with Gasteiger partial charge in [0.2, 0.25) is 5.95 Å². The molecule has 35 heavy (non-hydrogen) atoms. The molecule has 1 aliphatic rings. The molecule has 1 fully saturated rings. The Kier molecular flexibility index (Phi) is 8.31. The minimum absolute atomic E-state index is 0.354. The number of nitrogens with one attached hydrogen (secondary N) is 1. The first-order valence-corrected chi connectivity index (χ1v) is 12.4. The lowest BCUT2D eigenvalue weighted by molar-refractivity contribution is -0.108. The van der Waals surface area contributed by atoms with Crippen molar-refractivity contribution in [3.8, 4) is 0 Å². The minimum atomic E-state index is 0.354. The van der Waals surface area contributed by atoms with Gasteiger partial charge >= 0.3 is 0 Å². The molecule has 4 rings (SSSR count). The van der Waals surface area contributed by atoms with Crippen molar-refractivity contribution in [1.29, 1.82) is 0 Å². The van der Waals surface area contributed by atoms with Crippen molar-refractivity contribution in [2.45, 2.75) is 39.2 Å². The molecule has 3 aromatic rings. The fourth-order valence-electron chi connectivity index (χ4n) is 4.72. The topological polar surface area (TPSA) is 87.9 Å². The van der Waals surface area contributed by atoms with Crippen LogP contribution in [-0.4, -0.2) is 71.8 Å². The molecule has 3 heterocycles. The summed E-state index contributed by atoms with van der Waals surface area (Å²) in [5.74, 6) is 0.579. The summed E-state index contributed by atoms with van der Waals surface area (Å²) >= 11 is 0. The largest absolute Gasteiger partial charge is 0.399 e. The molecule has 0 unspecified atom stereocenters. The zero-order valence-corrected chi connectivity index (χ0v) is 20.9. The van der Waals surface area contributed by atoms with Crippen LogP contribution in [0.1, 0.15) is 38.4 Å². The normalized spacial score (nSPS) is 14.8. The predicted molar refractivity (Wildman–Crippen MR) is 141 cm³/mol. The summed E-state index contributed by atoms with van der Waals surface area (Å²) in [6.07, 6.45) is 7.36. The van der Waals surface area contributed by atoms with Gasteiger partial charge in [-0.3, -0.25) is 4.90 Å². The van der Waals surface area contributed by atoms with E-state index in [2.05, 4.69) is 74.0 Å². The van der Waals surface area contributed by atoms with Crippen LogP contribution in [0.2, 0.25) is 0 Å². The number of piperazine rings is 1. The lowest BCUT2D eigenvalue weighted by atomic mass is 10.1. The zero-order valence-electron chi connectivity index (χ0n) is 20.9. The van der Waals surface area contributed by atoms with Gasteiger partial charge in [0, 0.05) is 73.5 Å². The molecular weight excluding hydrogens is 442 g/mol. The number of hydrogen-bond acceptors (Lipinski definition) is 8. The molecule has 1 saturated heterocycles. The standard InChI is InChI=1S/C26H35N7O2/c1-4-22(5-2)33-24(10-11-28-35-3)18-20-19-27-26(30-25(20)33)29-21-6-8-23(9-7-21)32-14-12-31(13-15-32)16-17-34/h6-9,11,17-19,22H,4-5,10,12-16H2,1-3H3,(H,27,29,30). The summed E-state index contributed by atoms with van der Waals surface area (Å²) in [6.45, 7) is 8.58. The molecule has 0 aliphatic carbocycles. The molecule has 186 valence electrons. The average Bonchev–Trinajstić information content (AvgIpc) is 3.24. The Labute approximate surface area is 206 Å². The van der Waals surface area contributed by atoms with Crippen molar-refractivity contribution in [2.24, 2.45) is 5.16 Å². The van der Waals surface area contributed by atoms with Crippen LogP contribution in [0, 0.1) is 0 Å². The second kappa shape index (κ2) is 11.8. The first kappa shape index (κ1) is 24.7. The van der Waals surface area contributed by atoms with E-state index in [1.165, 1.54) is 5.69 Å². The van der Waals surface area contributed by atoms with Crippen LogP contribution >= 0.6 is 0 Å². The Morgan fingerprint density at radius 3 is 2.54 bits per heavy atom. The molecule has 9 heteroatoms. The van der Waals surface area contributed by atoms with Crippen molar-refractivity contribution >= 4 is 40.9 Å². The number of carbonyl (C=O) groups excluding carboxylic acids is 1. The molecule has 0 radical (unpaired) electrons. The van der Waals surface area contributed by atoms with Gasteiger partial charge in [0.05, 0.1) is 6.54 Å². The molecule has 1 aliphatic heterocycles. The molecule has 0 saturated carbocycles. The van der Waals surface area contributed by atoms with Gasteiger partial charge in [-0.2, -0.15) is 4.98 Å². The summed E-state index contributed by atoms with van der Waals surface area (Å²) in [6, 6.07) is 10.9. The number of carbonyl (C=O) groups is 1. The number of aldehydes is 1. The van der Waals surface area contributed by atoms with E-state index in [4.69, 9.17) is 9.82 Å². The quantitative estimate of drug-likeness (QED) is 0.253. The van der Waals surface area contributed by atoms with E-state index in [-0.39, 0.29) is 0 Å². The van der Waals surface area contributed by atoms with Gasteiger partial charge in [0.1, 0.15) is 19.0 Å². The Balaban J connectivity index is 1.51. The van der Waals surface area contributed by atoms with Crippen LogP contribution in [0.5, 0.6) is 0 Å². The van der Waals surface area contributed by atoms with E-state index < -0.39 is 0 Å². The number of rotatable bonds is 11. The monoisotopic (exact) mass is 477 g/mol. The molecule has 1 N–H and O–H groups in total. The first-order valence-electron chi connectivity index (χ1n) is 12.4. The second-order valence-electron chi connectivity index (χ2n) is 8.75. The smallest absolute Gasteiger partial charge is 0.229 e. The van der Waals surface area contributed by atoms with Gasteiger partial charge in [0.15, 0.2) is 0 Å². The SMILES string of the molecule is CCC(CC)n1c(CC=NOC)cc2cnc(Nc3ccc(N4CCN(CC=O)CC4)cc3)nc21. The highest BCUT2D eigenvalue weighted by molar-refractivity contribution is 5.80. The van der Waals surface area contributed by atoms with E-state index in [1.807, 2.05) is 6.20 Å². The number of oxime groups is 1. The summed E-state index contributed by atoms with van der Waals surface area (Å²) in [4.78, 5) is 29.6. The highest BCUT2D eigenvalue weighted by Gasteiger charge is 2.18. The maximum Gasteiger partial charge on any atom is 0.229 e. The van der Waals surface area contributed by atoms with Gasteiger partial charge in [0.25, 0.3) is 0 Å². The van der Waals surface area contributed by atoms with Crippen LogP contribution in [0.15, 0.2) is 41.7 Å². The third kappa shape index (κ3) is 5.79. The third-order valence-corrected chi connectivity index (χ3v) is 6.64. The van der Waals surface area contributed by atoms with E-state index in [1.54, 1.807) is 13.3 Å². The predicted octanol–water partition coefficient (Wildman–Crippen LogP) is 4.03. The molecule has 0 spiro atoms. The van der Waals surface area contributed by atoms with E-state index in [0.717, 1.165) is 67.7 Å². The van der Waals surface area contributed by atoms with E-state index in [9.17, 15) is 4.79 Å². The second-order valence-corrected chi connectivity index (χ2v) is 8.75. The Hall–Kier alpha value is -3.46. The maximum atomic E-state index is 10.7. The molecule has 0 bridgehead atoms. The summed E-state index contributed by atoms with van der Waals surface area (Å²) in [7, 11) is 1.55. The van der Waals surface area contributed by atoms with Crippen molar-refractivity contribution in [1.82, 2.24) is 19.4 Å². The number of fused-ring (bicyclic) bond motifs is 1. The lowest BCUT2D eigenvalue weighted by Gasteiger charge is -2.35. The number of anilines is 3. The molecule has 0 amide bonds. The van der Waals surface area contributed by atoms with Gasteiger partial charge in [-0.15, -0.1) is 0 Å². The number of benzene rings is 1. The number of hydrogen-bond donors (Lipinski definition) is 1. The molecule has 2 aromatic heterocycles. The lowest BCUT2D eigenvalue weighted by Crippen LogP contribution is -2.46. The Morgan fingerprint density at radius 1 is 1.14 bits per heavy atom. The van der Waals surface area contributed by atoms with Gasteiger partial charge in [-0.25, -0.2) is 4.98 Å². The fourth-order valence-corrected chi connectivity index (χ4v) is 4.72. The van der Waals surface area contributed by atoms with Crippen molar-refractivity contribution in [3.63, 3.8) is 0 Å². The van der Waals surface area contributed by atoms with Crippen molar-refractivity contribution in [3.05, 3.63) is 42.2 Å². The Morgan fingerprint density at radius 2 is 1.89 bits per heavy atom. The highest BCUT2D eigenvalue weighted by Crippen LogP contribution is 2.28. The molecule has 0 atom stereocenters. The molecule has 9 nitrogen and oxygen atoms in total. The van der Waals surface area contributed by atoms with Crippen LogP contribution in [0.25, 0.3) is 11.0 Å². The summed E-state index contributed by atoms with van der Waals surface area (Å²) < 4.78 is 2.32. The van der Waals surface area contributed by atoms with E-state index >= 15 is 0 Å². The molecular formula is C26H35N7O2. The van der Waals surface area contributed by atoms with Gasteiger partial charge in [-0.05, 0) is 43.2 Å². The summed E-state index contributed by atoms with van der Waals surface area (Å²) in [5.41, 5.74) is 4.21. The van der Waals surface area contributed by atoms with Crippen molar-refractivity contribution in [2.75, 3.05) is 50.1 Å². The van der Waals surface area contributed by atoms with E-state index in [0.29, 0.717) is 25.0 Å². The zero-order chi connectivity index (χ0) is 24.6. The van der Waals surface area contributed by atoms with Crippen LogP contribution in [0.4, 0.5) is 17.3 Å². The van der Waals surface area contributed by atoms with Crippen LogP contribution in [0.3, 0.4) is 0 Å². The van der Waals surface area contributed by atoms with Gasteiger partial charge < -0.3 is 24.4 Å². The number of nitrogens with zero attached hydrogens (tertiary/aromatic N) is 6. The number of aromatic nitrogens is 3. The van der Waals surface area contributed by atoms with Gasteiger partial charge in [-0.1, -0.05) is 19.0 Å².